The highest BCUT2D eigenvalue weighted by Crippen LogP contribution is 2.34. The minimum atomic E-state index is 0.154. The zero-order valence-corrected chi connectivity index (χ0v) is 13.2. The summed E-state index contributed by atoms with van der Waals surface area (Å²) in [6, 6.07) is 6.20. The highest BCUT2D eigenvalue weighted by molar-refractivity contribution is 9.10. The van der Waals surface area contributed by atoms with Gasteiger partial charge in [-0.2, -0.15) is 5.10 Å². The van der Waals surface area contributed by atoms with E-state index in [4.69, 9.17) is 4.74 Å². The lowest BCUT2D eigenvalue weighted by atomic mass is 10.1. The van der Waals surface area contributed by atoms with Crippen molar-refractivity contribution in [2.45, 2.75) is 19.9 Å². The van der Waals surface area contributed by atoms with E-state index in [1.807, 2.05) is 23.9 Å². The summed E-state index contributed by atoms with van der Waals surface area (Å²) in [4.78, 5) is 0. The largest absolute Gasteiger partial charge is 0.495 e. The van der Waals surface area contributed by atoms with Gasteiger partial charge >= 0.3 is 0 Å². The van der Waals surface area contributed by atoms with Crippen molar-refractivity contribution in [3.05, 3.63) is 40.1 Å². The molecule has 19 heavy (non-hydrogen) atoms. The van der Waals surface area contributed by atoms with Gasteiger partial charge in [0, 0.05) is 17.7 Å². The first-order valence-electron chi connectivity index (χ1n) is 6.11. The quantitative estimate of drug-likeness (QED) is 0.933. The second-order valence-corrected chi connectivity index (χ2v) is 5.46. The van der Waals surface area contributed by atoms with Crippen LogP contribution >= 0.6 is 15.9 Å². The number of hydrogen-bond acceptors (Lipinski definition) is 3. The maximum atomic E-state index is 5.44. The van der Waals surface area contributed by atoms with Gasteiger partial charge in [-0.15, -0.1) is 0 Å². The number of methoxy groups -OCH3 is 1. The van der Waals surface area contributed by atoms with E-state index in [2.05, 4.69) is 46.3 Å². The highest BCUT2D eigenvalue weighted by Gasteiger charge is 2.14. The molecule has 2 rings (SSSR count). The van der Waals surface area contributed by atoms with Gasteiger partial charge in [0.05, 0.1) is 24.5 Å². The summed E-state index contributed by atoms with van der Waals surface area (Å²) in [6.45, 7) is 4.17. The maximum Gasteiger partial charge on any atom is 0.143 e. The molecular weight excluding hydrogens is 306 g/mol. The van der Waals surface area contributed by atoms with Crippen molar-refractivity contribution < 1.29 is 4.74 Å². The number of nitrogens with one attached hydrogen (secondary N) is 1. The fraction of sp³-hybridized carbons (Fsp3) is 0.357. The van der Waals surface area contributed by atoms with Crippen LogP contribution in [0, 0.1) is 6.92 Å². The molecule has 0 radical (unpaired) electrons. The first-order valence-corrected chi connectivity index (χ1v) is 6.90. The molecule has 1 aromatic carbocycles. The van der Waals surface area contributed by atoms with Gasteiger partial charge < -0.3 is 10.1 Å². The van der Waals surface area contributed by atoms with Crippen LogP contribution in [0.4, 0.5) is 5.69 Å². The van der Waals surface area contributed by atoms with Crippen LogP contribution in [0.5, 0.6) is 5.75 Å². The molecule has 0 aliphatic carbocycles. The topological polar surface area (TPSA) is 39.1 Å². The van der Waals surface area contributed by atoms with Crippen molar-refractivity contribution in [1.29, 1.82) is 0 Å². The predicted molar refractivity (Wildman–Crippen MR) is 80.7 cm³/mol. The van der Waals surface area contributed by atoms with Crippen LogP contribution in [0.3, 0.4) is 0 Å². The molecule has 0 bridgehead atoms. The van der Waals surface area contributed by atoms with Gasteiger partial charge in [0.1, 0.15) is 5.75 Å². The number of hydrogen-bond donors (Lipinski definition) is 1. The molecule has 0 spiro atoms. The first kappa shape index (κ1) is 13.9. The van der Waals surface area contributed by atoms with Crippen LogP contribution in [-0.4, -0.2) is 16.9 Å². The smallest absolute Gasteiger partial charge is 0.143 e. The molecular formula is C14H18BrN3O. The number of ether oxygens (including phenoxy) is 1. The lowest BCUT2D eigenvalue weighted by molar-refractivity contribution is 0.415. The Morgan fingerprint density at radius 3 is 2.74 bits per heavy atom. The second-order valence-electron chi connectivity index (χ2n) is 4.55. The number of benzene rings is 1. The molecule has 2 aromatic rings. The Balaban J connectivity index is 2.31. The molecule has 0 fully saturated rings. The Labute approximate surface area is 121 Å². The average Bonchev–Trinajstić information content (AvgIpc) is 2.78. The normalized spacial score (nSPS) is 12.3. The minimum Gasteiger partial charge on any atom is -0.495 e. The van der Waals surface area contributed by atoms with Gasteiger partial charge in [-0.05, 0) is 37.6 Å². The molecule has 1 aromatic heterocycles. The lowest BCUT2D eigenvalue weighted by Gasteiger charge is -2.20. The number of anilines is 1. The fourth-order valence-electron chi connectivity index (χ4n) is 2.16. The molecule has 5 heteroatoms. The molecule has 0 amide bonds. The number of aromatic nitrogens is 2. The standard InChI is InChI=1S/C14H18BrN3O/c1-9-7-11(15)8-13(19-4)14(9)17-10(2)12-5-6-16-18(12)3/h5-8,10,17H,1-4H3. The fourth-order valence-corrected chi connectivity index (χ4v) is 2.71. The first-order chi connectivity index (χ1) is 9.02. The van der Waals surface area contributed by atoms with Crippen LogP contribution in [0.15, 0.2) is 28.9 Å². The number of aryl methyl sites for hydroxylation is 2. The summed E-state index contributed by atoms with van der Waals surface area (Å²) in [7, 11) is 3.63. The van der Waals surface area contributed by atoms with Gasteiger partial charge in [-0.1, -0.05) is 15.9 Å². The van der Waals surface area contributed by atoms with Crippen molar-refractivity contribution in [2.24, 2.45) is 7.05 Å². The van der Waals surface area contributed by atoms with E-state index in [-0.39, 0.29) is 6.04 Å². The van der Waals surface area contributed by atoms with Gasteiger partial charge in [-0.3, -0.25) is 4.68 Å². The second kappa shape index (κ2) is 5.65. The Bertz CT molecular complexity index is 580. The SMILES string of the molecule is COc1cc(Br)cc(C)c1NC(C)c1ccnn1C. The van der Waals surface area contributed by atoms with E-state index in [1.54, 1.807) is 13.3 Å². The molecule has 1 unspecified atom stereocenters. The summed E-state index contributed by atoms with van der Waals surface area (Å²) >= 11 is 3.48. The van der Waals surface area contributed by atoms with Gasteiger partial charge in [0.2, 0.25) is 0 Å². The third-order valence-corrected chi connectivity index (χ3v) is 3.61. The van der Waals surface area contributed by atoms with E-state index in [0.717, 1.165) is 27.2 Å². The molecule has 0 aliphatic heterocycles. The van der Waals surface area contributed by atoms with E-state index in [1.165, 1.54) is 0 Å². The number of halogens is 1. The lowest BCUT2D eigenvalue weighted by Crippen LogP contribution is -2.12. The minimum absolute atomic E-state index is 0.154. The van der Waals surface area contributed by atoms with Crippen LogP contribution in [0.1, 0.15) is 24.2 Å². The van der Waals surface area contributed by atoms with Crippen molar-refractivity contribution in [2.75, 3.05) is 12.4 Å². The van der Waals surface area contributed by atoms with Gasteiger partial charge in [0.25, 0.3) is 0 Å². The van der Waals surface area contributed by atoms with Crippen molar-refractivity contribution in [3.63, 3.8) is 0 Å². The molecule has 1 atom stereocenters. The van der Waals surface area contributed by atoms with Crippen molar-refractivity contribution in [3.8, 4) is 5.75 Å². The summed E-state index contributed by atoms with van der Waals surface area (Å²) in [5, 5.41) is 7.69. The van der Waals surface area contributed by atoms with Crippen LogP contribution in [0.25, 0.3) is 0 Å². The summed E-state index contributed by atoms with van der Waals surface area (Å²) < 4.78 is 8.33. The molecule has 0 aliphatic rings. The molecule has 1 N–H and O–H groups in total. The molecule has 0 saturated carbocycles. The summed E-state index contributed by atoms with van der Waals surface area (Å²) in [5.74, 6) is 0.834. The van der Waals surface area contributed by atoms with E-state index in [0.29, 0.717) is 0 Å². The zero-order chi connectivity index (χ0) is 14.0. The van der Waals surface area contributed by atoms with Crippen molar-refractivity contribution in [1.82, 2.24) is 9.78 Å². The average molecular weight is 324 g/mol. The van der Waals surface area contributed by atoms with E-state index >= 15 is 0 Å². The molecule has 0 saturated heterocycles. The third kappa shape index (κ3) is 2.92. The van der Waals surface area contributed by atoms with Crippen molar-refractivity contribution >= 4 is 21.6 Å². The van der Waals surface area contributed by atoms with Gasteiger partial charge in [0.15, 0.2) is 0 Å². The van der Waals surface area contributed by atoms with E-state index in [9.17, 15) is 0 Å². The van der Waals surface area contributed by atoms with Crippen LogP contribution < -0.4 is 10.1 Å². The Kier molecular flexibility index (Phi) is 4.14. The zero-order valence-electron chi connectivity index (χ0n) is 11.6. The Morgan fingerprint density at radius 1 is 1.42 bits per heavy atom. The molecule has 4 nitrogen and oxygen atoms in total. The van der Waals surface area contributed by atoms with Crippen LogP contribution in [0.2, 0.25) is 0 Å². The predicted octanol–water partition coefficient (Wildman–Crippen LogP) is 3.67. The highest BCUT2D eigenvalue weighted by atomic mass is 79.9. The van der Waals surface area contributed by atoms with E-state index < -0.39 is 0 Å². The number of nitrogens with zero attached hydrogens (tertiary/aromatic N) is 2. The number of rotatable bonds is 4. The summed E-state index contributed by atoms with van der Waals surface area (Å²) in [6.07, 6.45) is 1.80. The maximum absolute atomic E-state index is 5.44. The van der Waals surface area contributed by atoms with Crippen LogP contribution in [-0.2, 0) is 7.05 Å². The van der Waals surface area contributed by atoms with Gasteiger partial charge in [-0.25, -0.2) is 0 Å². The third-order valence-electron chi connectivity index (χ3n) is 3.15. The Morgan fingerprint density at radius 2 is 2.16 bits per heavy atom. The molecule has 102 valence electrons. The molecule has 1 heterocycles. The monoisotopic (exact) mass is 323 g/mol. The Hall–Kier alpha value is -1.49. The summed E-state index contributed by atoms with van der Waals surface area (Å²) in [5.41, 5.74) is 3.28.